The van der Waals surface area contributed by atoms with E-state index in [-0.39, 0.29) is 5.92 Å². The van der Waals surface area contributed by atoms with Crippen LogP contribution in [0.5, 0.6) is 5.75 Å². The molecule has 1 aromatic heterocycles. The number of H-pyrrole nitrogens is 1. The number of hydrogen-bond donors (Lipinski definition) is 2. The zero-order valence-electron chi connectivity index (χ0n) is 18.4. The van der Waals surface area contributed by atoms with Gasteiger partial charge in [-0.3, -0.25) is 9.69 Å². The van der Waals surface area contributed by atoms with Gasteiger partial charge in [0.05, 0.1) is 6.61 Å². The van der Waals surface area contributed by atoms with Crippen molar-refractivity contribution >= 4 is 5.91 Å². The Balaban J connectivity index is 1.47. The van der Waals surface area contributed by atoms with Crippen molar-refractivity contribution < 1.29 is 14.3 Å². The number of nitrogens with two attached hydrogens (primary N) is 1. The molecule has 0 saturated carbocycles. The number of likely N-dealkylation sites (tertiary alicyclic amines) is 1. The number of nitrogens with one attached hydrogen (secondary N) is 1. The summed E-state index contributed by atoms with van der Waals surface area (Å²) in [6.07, 6.45) is 2.10. The second kappa shape index (κ2) is 10.4. The maximum Gasteiger partial charge on any atom is 0.267 e. The van der Waals surface area contributed by atoms with Gasteiger partial charge in [0.15, 0.2) is 0 Å². The number of hydrogen-bond acceptors (Lipinski definition) is 5. The highest BCUT2D eigenvalue weighted by Crippen LogP contribution is 2.30. The number of ether oxygens (including phenoxy) is 2. The second-order valence-corrected chi connectivity index (χ2v) is 8.14. The lowest BCUT2D eigenvalue weighted by atomic mass is 9.97. The Morgan fingerprint density at radius 3 is 2.81 bits per heavy atom. The van der Waals surface area contributed by atoms with Gasteiger partial charge in [0, 0.05) is 31.7 Å². The quantitative estimate of drug-likeness (QED) is 0.502. The first-order chi connectivity index (χ1) is 15.6. The van der Waals surface area contributed by atoms with E-state index >= 15 is 0 Å². The van der Waals surface area contributed by atoms with Gasteiger partial charge in [-0.25, -0.2) is 4.98 Å². The summed E-state index contributed by atoms with van der Waals surface area (Å²) in [6.45, 7) is 3.84. The van der Waals surface area contributed by atoms with Crippen molar-refractivity contribution in [3.05, 3.63) is 71.7 Å². The number of aromatic nitrogens is 2. The zero-order valence-corrected chi connectivity index (χ0v) is 18.4. The Morgan fingerprint density at radius 2 is 2.03 bits per heavy atom. The minimum Gasteiger partial charge on any atom is -0.491 e. The summed E-state index contributed by atoms with van der Waals surface area (Å²) < 4.78 is 10.8. The summed E-state index contributed by atoms with van der Waals surface area (Å²) in [5.41, 5.74) is 8.75. The van der Waals surface area contributed by atoms with Gasteiger partial charge in [-0.15, -0.1) is 0 Å². The first-order valence-electron chi connectivity index (χ1n) is 11.0. The third kappa shape index (κ3) is 5.36. The first-order valence-corrected chi connectivity index (χ1v) is 11.0. The third-order valence-electron chi connectivity index (χ3n) is 5.77. The molecule has 7 nitrogen and oxygen atoms in total. The van der Waals surface area contributed by atoms with E-state index in [0.717, 1.165) is 49.6 Å². The molecule has 2 aromatic carbocycles. The summed E-state index contributed by atoms with van der Waals surface area (Å²) >= 11 is 0. The molecule has 0 unspecified atom stereocenters. The molecule has 4 rings (SSSR count). The van der Waals surface area contributed by atoms with Gasteiger partial charge in [0.1, 0.15) is 29.6 Å². The lowest BCUT2D eigenvalue weighted by molar-refractivity contribution is 0.0996. The number of aromatic amines is 1. The number of carbonyl (C=O) groups is 1. The van der Waals surface area contributed by atoms with Gasteiger partial charge < -0.3 is 20.2 Å². The molecule has 0 aliphatic carbocycles. The van der Waals surface area contributed by atoms with Crippen molar-refractivity contribution in [2.75, 3.05) is 33.4 Å². The molecule has 1 aliphatic heterocycles. The van der Waals surface area contributed by atoms with Crippen molar-refractivity contribution in [3.63, 3.8) is 0 Å². The normalized spacial score (nSPS) is 16.7. The highest BCUT2D eigenvalue weighted by atomic mass is 16.5. The van der Waals surface area contributed by atoms with Gasteiger partial charge in [0.2, 0.25) is 0 Å². The Bertz CT molecular complexity index is 1030. The minimum absolute atomic E-state index is 0.223. The van der Waals surface area contributed by atoms with Crippen LogP contribution in [0.3, 0.4) is 0 Å². The molecular formula is C25H30N4O3. The number of rotatable bonds is 9. The van der Waals surface area contributed by atoms with Crippen LogP contribution in [-0.4, -0.2) is 54.2 Å². The summed E-state index contributed by atoms with van der Waals surface area (Å²) in [7, 11) is 1.67. The molecule has 168 valence electrons. The largest absolute Gasteiger partial charge is 0.491 e. The van der Waals surface area contributed by atoms with E-state index in [2.05, 4.69) is 22.0 Å². The number of methoxy groups -OCH3 is 1. The predicted octanol–water partition coefficient (Wildman–Crippen LogP) is 3.58. The number of piperidine rings is 1. The van der Waals surface area contributed by atoms with Crippen LogP contribution in [0.25, 0.3) is 11.3 Å². The lowest BCUT2D eigenvalue weighted by Gasteiger charge is -2.31. The van der Waals surface area contributed by atoms with Crippen molar-refractivity contribution in [1.29, 1.82) is 0 Å². The minimum atomic E-state index is -0.486. The standard InChI is InChI=1S/C25H30N4O3/c1-31-13-14-32-21-11-5-7-18(15-21)16-29-12-6-10-20(17-29)25-27-22(23(28-25)24(26)30)19-8-3-2-4-9-19/h2-5,7-9,11,15,20H,6,10,12-14,16-17H2,1H3,(H2,26,30)(H,27,28)/t20-/m1/s1. The van der Waals surface area contributed by atoms with Crippen molar-refractivity contribution in [3.8, 4) is 17.0 Å². The van der Waals surface area contributed by atoms with Crippen LogP contribution < -0.4 is 10.5 Å². The maximum atomic E-state index is 12.0. The van der Waals surface area contributed by atoms with E-state index in [1.165, 1.54) is 5.56 Å². The molecule has 32 heavy (non-hydrogen) atoms. The fourth-order valence-electron chi connectivity index (χ4n) is 4.23. The fourth-order valence-corrected chi connectivity index (χ4v) is 4.23. The zero-order chi connectivity index (χ0) is 22.3. The smallest absolute Gasteiger partial charge is 0.267 e. The van der Waals surface area contributed by atoms with E-state index in [1.54, 1.807) is 7.11 Å². The average molecular weight is 435 g/mol. The lowest BCUT2D eigenvalue weighted by Crippen LogP contribution is -2.34. The molecular weight excluding hydrogens is 404 g/mol. The predicted molar refractivity (Wildman–Crippen MR) is 124 cm³/mol. The van der Waals surface area contributed by atoms with E-state index in [9.17, 15) is 4.79 Å². The van der Waals surface area contributed by atoms with E-state index in [1.807, 2.05) is 42.5 Å². The molecule has 1 aliphatic rings. The molecule has 7 heteroatoms. The molecule has 1 atom stereocenters. The van der Waals surface area contributed by atoms with Crippen LogP contribution in [0, 0.1) is 0 Å². The first kappa shape index (κ1) is 22.0. The summed E-state index contributed by atoms with van der Waals surface area (Å²) in [5, 5.41) is 0. The summed E-state index contributed by atoms with van der Waals surface area (Å²) in [5.74, 6) is 1.43. The van der Waals surface area contributed by atoms with Crippen LogP contribution in [0.15, 0.2) is 54.6 Å². The second-order valence-electron chi connectivity index (χ2n) is 8.14. The third-order valence-corrected chi connectivity index (χ3v) is 5.77. The molecule has 1 amide bonds. The van der Waals surface area contributed by atoms with Gasteiger partial charge in [-0.2, -0.15) is 0 Å². The number of carbonyl (C=O) groups excluding carboxylic acids is 1. The van der Waals surface area contributed by atoms with Gasteiger partial charge in [-0.05, 0) is 37.1 Å². The van der Waals surface area contributed by atoms with E-state index < -0.39 is 5.91 Å². The highest BCUT2D eigenvalue weighted by Gasteiger charge is 2.26. The van der Waals surface area contributed by atoms with Crippen molar-refractivity contribution in [2.24, 2.45) is 5.73 Å². The molecule has 1 saturated heterocycles. The maximum absolute atomic E-state index is 12.0. The Morgan fingerprint density at radius 1 is 1.19 bits per heavy atom. The number of primary amides is 1. The van der Waals surface area contributed by atoms with Crippen LogP contribution in [0.2, 0.25) is 0 Å². The van der Waals surface area contributed by atoms with Crippen LogP contribution in [0.4, 0.5) is 0 Å². The van der Waals surface area contributed by atoms with Crippen molar-refractivity contribution in [2.45, 2.75) is 25.3 Å². The van der Waals surface area contributed by atoms with Gasteiger partial charge in [-0.1, -0.05) is 42.5 Å². The van der Waals surface area contributed by atoms with E-state index in [4.69, 9.17) is 20.2 Å². The number of imidazole rings is 1. The molecule has 3 aromatic rings. The number of benzene rings is 2. The molecule has 2 heterocycles. The SMILES string of the molecule is COCCOc1cccc(CN2CCC[C@@H](c3nc(-c4ccccc4)c(C(N)=O)[nH]3)C2)c1. The highest BCUT2D eigenvalue weighted by molar-refractivity contribution is 5.97. The van der Waals surface area contributed by atoms with Crippen LogP contribution in [0.1, 0.15) is 40.6 Å². The Labute approximate surface area is 188 Å². The monoisotopic (exact) mass is 434 g/mol. The molecule has 0 spiro atoms. The van der Waals surface area contributed by atoms with Gasteiger partial charge in [0.25, 0.3) is 5.91 Å². The summed E-state index contributed by atoms with van der Waals surface area (Å²) in [4.78, 5) is 22.5. The van der Waals surface area contributed by atoms with Crippen LogP contribution >= 0.6 is 0 Å². The topological polar surface area (TPSA) is 93.5 Å². The molecule has 0 bridgehead atoms. The summed E-state index contributed by atoms with van der Waals surface area (Å²) in [6, 6.07) is 17.9. The van der Waals surface area contributed by atoms with E-state index in [0.29, 0.717) is 24.6 Å². The molecule has 1 fully saturated rings. The Hall–Kier alpha value is -3.16. The van der Waals surface area contributed by atoms with Gasteiger partial charge >= 0.3 is 0 Å². The Kier molecular flexibility index (Phi) is 7.19. The molecule has 3 N–H and O–H groups in total. The van der Waals surface area contributed by atoms with Crippen molar-refractivity contribution in [1.82, 2.24) is 14.9 Å². The number of nitrogens with zero attached hydrogens (tertiary/aromatic N) is 2. The fraction of sp³-hybridized carbons (Fsp3) is 0.360. The average Bonchev–Trinajstić information content (AvgIpc) is 3.27. The van der Waals surface area contributed by atoms with Crippen LogP contribution in [-0.2, 0) is 11.3 Å². The molecule has 0 radical (unpaired) electrons. The number of amides is 1.